The lowest BCUT2D eigenvalue weighted by molar-refractivity contribution is 1.23. The molecule has 0 saturated carbocycles. The van der Waals surface area contributed by atoms with Crippen LogP contribution in [0.25, 0.3) is 78.3 Å². The molecule has 4 nitrogen and oxygen atoms in total. The predicted octanol–water partition coefficient (Wildman–Crippen LogP) is 10.4. The second-order valence-electron chi connectivity index (χ2n) is 11.2. The fourth-order valence-electron chi connectivity index (χ4n) is 5.86. The third-order valence-electron chi connectivity index (χ3n) is 8.18. The van der Waals surface area contributed by atoms with E-state index in [1.165, 1.54) is 11.1 Å². The maximum Gasteiger partial charge on any atom is 0.160 e. The van der Waals surface area contributed by atoms with Gasteiger partial charge in [0.25, 0.3) is 0 Å². The fourth-order valence-corrected chi connectivity index (χ4v) is 5.86. The van der Waals surface area contributed by atoms with E-state index in [1.807, 2.05) is 60.9 Å². The number of benzene rings is 5. The average Bonchev–Trinajstić information content (AvgIpc) is 3.15. The third-order valence-corrected chi connectivity index (χ3v) is 8.18. The van der Waals surface area contributed by atoms with Crippen molar-refractivity contribution in [3.05, 3.63) is 170 Å². The lowest BCUT2D eigenvalue weighted by Crippen LogP contribution is -1.97. The van der Waals surface area contributed by atoms with Crippen LogP contribution in [-0.4, -0.2) is 19.9 Å². The number of pyridine rings is 2. The number of hydrogen-bond acceptors (Lipinski definition) is 4. The van der Waals surface area contributed by atoms with Crippen LogP contribution in [0.15, 0.2) is 170 Å². The molecule has 0 amide bonds. The van der Waals surface area contributed by atoms with Crippen LogP contribution in [0.4, 0.5) is 0 Å². The Morgan fingerprint density at radius 2 is 0.826 bits per heavy atom. The minimum absolute atomic E-state index is 0.654. The molecule has 0 N–H and O–H groups in total. The molecule has 4 heteroatoms. The molecule has 0 atom stereocenters. The monoisotopic (exact) mass is 588 g/mol. The van der Waals surface area contributed by atoms with Crippen LogP contribution >= 0.6 is 0 Å². The molecule has 0 saturated heterocycles. The Hall–Kier alpha value is -6.26. The average molecular weight is 589 g/mol. The van der Waals surface area contributed by atoms with Gasteiger partial charge in [-0.25, -0.2) is 9.97 Å². The molecule has 216 valence electrons. The van der Waals surface area contributed by atoms with Crippen molar-refractivity contribution in [1.29, 1.82) is 0 Å². The summed E-state index contributed by atoms with van der Waals surface area (Å²) in [4.78, 5) is 19.7. The molecule has 0 bridgehead atoms. The van der Waals surface area contributed by atoms with E-state index in [2.05, 4.69) is 119 Å². The second kappa shape index (κ2) is 12.0. The molecular weight excluding hydrogens is 560 g/mol. The standard InChI is InChI=1S/C42H28N4/c1-3-11-29(12-4-1)30-17-19-31(20-18-30)33-21-22-40-37(28-33)41(32-13-5-2-6-14-32)46-42(45-40)36-26-34(38-15-7-9-23-43-38)25-35(27-36)39-16-8-10-24-44-39/h1-28H. The summed E-state index contributed by atoms with van der Waals surface area (Å²) in [6.45, 7) is 0. The van der Waals surface area contributed by atoms with E-state index >= 15 is 0 Å². The van der Waals surface area contributed by atoms with Crippen molar-refractivity contribution >= 4 is 10.9 Å². The van der Waals surface area contributed by atoms with Crippen LogP contribution < -0.4 is 0 Å². The lowest BCUT2D eigenvalue weighted by Gasteiger charge is -2.13. The van der Waals surface area contributed by atoms with Gasteiger partial charge in [-0.15, -0.1) is 0 Å². The van der Waals surface area contributed by atoms with Gasteiger partial charge in [0, 0.05) is 40.0 Å². The highest BCUT2D eigenvalue weighted by molar-refractivity contribution is 5.96. The Bertz CT molecular complexity index is 2210. The van der Waals surface area contributed by atoms with Crippen molar-refractivity contribution in [2.45, 2.75) is 0 Å². The molecule has 8 aromatic rings. The van der Waals surface area contributed by atoms with E-state index in [-0.39, 0.29) is 0 Å². The highest BCUT2D eigenvalue weighted by atomic mass is 14.9. The molecule has 46 heavy (non-hydrogen) atoms. The van der Waals surface area contributed by atoms with Gasteiger partial charge in [0.1, 0.15) is 0 Å². The van der Waals surface area contributed by atoms with E-state index in [1.54, 1.807) is 0 Å². The van der Waals surface area contributed by atoms with Gasteiger partial charge < -0.3 is 0 Å². The van der Waals surface area contributed by atoms with Gasteiger partial charge in [0.05, 0.1) is 22.6 Å². The minimum Gasteiger partial charge on any atom is -0.256 e. The topological polar surface area (TPSA) is 51.6 Å². The number of rotatable bonds is 6. The summed E-state index contributed by atoms with van der Waals surface area (Å²) >= 11 is 0. The van der Waals surface area contributed by atoms with Gasteiger partial charge in [0.15, 0.2) is 5.82 Å². The van der Waals surface area contributed by atoms with Crippen LogP contribution in [0, 0.1) is 0 Å². The molecule has 0 aliphatic rings. The van der Waals surface area contributed by atoms with Crippen LogP contribution in [0.2, 0.25) is 0 Å². The molecule has 0 aliphatic heterocycles. The summed E-state index contributed by atoms with van der Waals surface area (Å²) in [6, 6.07) is 54.3. The van der Waals surface area contributed by atoms with Gasteiger partial charge in [-0.05, 0) is 76.9 Å². The highest BCUT2D eigenvalue weighted by Crippen LogP contribution is 2.35. The summed E-state index contributed by atoms with van der Waals surface area (Å²) in [6.07, 6.45) is 3.63. The van der Waals surface area contributed by atoms with Gasteiger partial charge in [0.2, 0.25) is 0 Å². The second-order valence-corrected chi connectivity index (χ2v) is 11.2. The van der Waals surface area contributed by atoms with Crippen molar-refractivity contribution in [1.82, 2.24) is 19.9 Å². The van der Waals surface area contributed by atoms with Crippen molar-refractivity contribution in [3.8, 4) is 67.4 Å². The molecule has 0 spiro atoms. The maximum atomic E-state index is 5.25. The van der Waals surface area contributed by atoms with E-state index in [9.17, 15) is 0 Å². The first kappa shape index (κ1) is 27.3. The van der Waals surface area contributed by atoms with Crippen LogP contribution in [0.3, 0.4) is 0 Å². The maximum absolute atomic E-state index is 5.25. The zero-order chi connectivity index (χ0) is 30.7. The van der Waals surface area contributed by atoms with Gasteiger partial charge >= 0.3 is 0 Å². The number of hydrogen-bond donors (Lipinski definition) is 0. The molecule has 0 unspecified atom stereocenters. The first-order valence-electron chi connectivity index (χ1n) is 15.3. The van der Waals surface area contributed by atoms with E-state index in [0.717, 1.165) is 61.4 Å². The normalized spacial score (nSPS) is 11.0. The first-order valence-corrected chi connectivity index (χ1v) is 15.3. The molecule has 5 aromatic carbocycles. The van der Waals surface area contributed by atoms with Crippen molar-refractivity contribution < 1.29 is 0 Å². The van der Waals surface area contributed by atoms with E-state index < -0.39 is 0 Å². The Balaban J connectivity index is 1.28. The summed E-state index contributed by atoms with van der Waals surface area (Å²) in [5, 5.41) is 1.01. The van der Waals surface area contributed by atoms with Crippen molar-refractivity contribution in [3.63, 3.8) is 0 Å². The molecular formula is C42H28N4. The first-order chi connectivity index (χ1) is 22.8. The molecule has 0 radical (unpaired) electrons. The zero-order valence-electron chi connectivity index (χ0n) is 25.0. The summed E-state index contributed by atoms with van der Waals surface area (Å²) in [5.41, 5.74) is 12.1. The van der Waals surface area contributed by atoms with Crippen molar-refractivity contribution in [2.24, 2.45) is 0 Å². The molecule has 8 rings (SSSR count). The summed E-state index contributed by atoms with van der Waals surface area (Å²) in [5.74, 6) is 0.654. The highest BCUT2D eigenvalue weighted by Gasteiger charge is 2.15. The lowest BCUT2D eigenvalue weighted by atomic mass is 9.97. The van der Waals surface area contributed by atoms with E-state index in [4.69, 9.17) is 9.97 Å². The largest absolute Gasteiger partial charge is 0.256 e. The molecule has 3 aromatic heterocycles. The molecule has 0 fully saturated rings. The summed E-state index contributed by atoms with van der Waals surface area (Å²) < 4.78 is 0. The quantitative estimate of drug-likeness (QED) is 0.194. The Morgan fingerprint density at radius 3 is 1.41 bits per heavy atom. The van der Waals surface area contributed by atoms with Gasteiger partial charge in [-0.2, -0.15) is 0 Å². The van der Waals surface area contributed by atoms with Gasteiger partial charge in [-0.3, -0.25) is 9.97 Å². The van der Waals surface area contributed by atoms with Gasteiger partial charge in [-0.1, -0.05) is 103 Å². The number of nitrogens with zero attached hydrogens (tertiary/aromatic N) is 4. The zero-order valence-corrected chi connectivity index (χ0v) is 25.0. The number of fused-ring (bicyclic) bond motifs is 1. The Morgan fingerprint density at radius 1 is 0.326 bits per heavy atom. The molecule has 0 aliphatic carbocycles. The third kappa shape index (κ3) is 5.44. The van der Waals surface area contributed by atoms with Crippen LogP contribution in [-0.2, 0) is 0 Å². The predicted molar refractivity (Wildman–Crippen MR) is 188 cm³/mol. The summed E-state index contributed by atoms with van der Waals surface area (Å²) in [7, 11) is 0. The van der Waals surface area contributed by atoms with E-state index in [0.29, 0.717) is 5.82 Å². The fraction of sp³-hybridized carbons (Fsp3) is 0. The van der Waals surface area contributed by atoms with Crippen LogP contribution in [0.1, 0.15) is 0 Å². The Kier molecular flexibility index (Phi) is 7.14. The SMILES string of the molecule is c1ccc(-c2ccc(-c3ccc4nc(-c5cc(-c6ccccn6)cc(-c6ccccn6)c5)nc(-c5ccccc5)c4c3)cc2)cc1. The number of aromatic nitrogens is 4. The smallest absolute Gasteiger partial charge is 0.160 e. The minimum atomic E-state index is 0.654. The van der Waals surface area contributed by atoms with Crippen molar-refractivity contribution in [2.75, 3.05) is 0 Å². The van der Waals surface area contributed by atoms with Crippen LogP contribution in [0.5, 0.6) is 0 Å². The Labute approximate surface area is 267 Å². The molecule has 3 heterocycles.